The number of carbonyl (C=O) groups excluding carboxylic acids is 1. The highest BCUT2D eigenvalue weighted by Crippen LogP contribution is 2.16. The number of carboxylic acid groups (broad SMARTS) is 1. The SMILES string of the molecule is CC(C)(C)OC(=O)C[C@H](C/C=C/c1ccncc1)C(=O)O. The van der Waals surface area contributed by atoms with Gasteiger partial charge >= 0.3 is 11.9 Å². The molecule has 1 atom stereocenters. The Morgan fingerprint density at radius 2 is 1.95 bits per heavy atom. The van der Waals surface area contributed by atoms with Crippen molar-refractivity contribution in [3.63, 3.8) is 0 Å². The molecule has 0 fully saturated rings. The van der Waals surface area contributed by atoms with Crippen LogP contribution in [0, 0.1) is 5.92 Å². The quantitative estimate of drug-likeness (QED) is 0.815. The number of ether oxygens (including phenoxy) is 1. The number of hydrogen-bond acceptors (Lipinski definition) is 4. The van der Waals surface area contributed by atoms with Gasteiger partial charge in [0.25, 0.3) is 0 Å². The van der Waals surface area contributed by atoms with E-state index >= 15 is 0 Å². The van der Waals surface area contributed by atoms with Gasteiger partial charge < -0.3 is 9.84 Å². The molecular formula is C16H21NO4. The van der Waals surface area contributed by atoms with E-state index in [1.54, 1.807) is 39.2 Å². The molecule has 0 aromatic carbocycles. The number of rotatable bonds is 6. The molecule has 0 aliphatic heterocycles. The van der Waals surface area contributed by atoms with Crippen LogP contribution in [0.5, 0.6) is 0 Å². The second kappa shape index (κ2) is 7.57. The van der Waals surface area contributed by atoms with E-state index in [0.717, 1.165) is 5.56 Å². The molecule has 5 heteroatoms. The van der Waals surface area contributed by atoms with E-state index in [-0.39, 0.29) is 12.8 Å². The summed E-state index contributed by atoms with van der Waals surface area (Å²) in [5.41, 5.74) is 0.332. The zero-order valence-electron chi connectivity index (χ0n) is 12.6. The normalized spacial score (nSPS) is 13.1. The Bertz CT molecular complexity index is 503. The van der Waals surface area contributed by atoms with Crippen molar-refractivity contribution in [2.75, 3.05) is 0 Å². The van der Waals surface area contributed by atoms with Gasteiger partial charge in [0.05, 0.1) is 12.3 Å². The summed E-state index contributed by atoms with van der Waals surface area (Å²) in [6.07, 6.45) is 7.03. The third-order valence-electron chi connectivity index (χ3n) is 2.62. The molecule has 1 heterocycles. The van der Waals surface area contributed by atoms with Crippen LogP contribution >= 0.6 is 0 Å². The second-order valence-corrected chi connectivity index (χ2v) is 5.74. The zero-order chi connectivity index (χ0) is 15.9. The van der Waals surface area contributed by atoms with Crippen molar-refractivity contribution in [3.8, 4) is 0 Å². The fourth-order valence-electron chi connectivity index (χ4n) is 1.70. The lowest BCUT2D eigenvalue weighted by molar-refractivity contribution is -0.159. The van der Waals surface area contributed by atoms with Crippen molar-refractivity contribution in [1.29, 1.82) is 0 Å². The summed E-state index contributed by atoms with van der Waals surface area (Å²) in [6.45, 7) is 5.26. The predicted molar refractivity (Wildman–Crippen MR) is 79.5 cm³/mol. The van der Waals surface area contributed by atoms with Gasteiger partial charge in [0.15, 0.2) is 0 Å². The Morgan fingerprint density at radius 3 is 2.48 bits per heavy atom. The van der Waals surface area contributed by atoms with E-state index < -0.39 is 23.5 Å². The highest BCUT2D eigenvalue weighted by Gasteiger charge is 2.24. The van der Waals surface area contributed by atoms with Crippen LogP contribution in [0.4, 0.5) is 0 Å². The molecule has 0 radical (unpaired) electrons. The minimum atomic E-state index is -1.000. The van der Waals surface area contributed by atoms with Crippen LogP contribution < -0.4 is 0 Å². The van der Waals surface area contributed by atoms with Crippen molar-refractivity contribution in [2.45, 2.75) is 39.2 Å². The fourth-order valence-corrected chi connectivity index (χ4v) is 1.70. The maximum absolute atomic E-state index is 11.7. The molecule has 0 bridgehead atoms. The van der Waals surface area contributed by atoms with Crippen LogP contribution in [0.25, 0.3) is 6.08 Å². The molecule has 0 aliphatic carbocycles. The standard InChI is InChI=1S/C16H21NO4/c1-16(2,3)21-14(18)11-13(15(19)20)6-4-5-12-7-9-17-10-8-12/h4-5,7-10,13H,6,11H2,1-3H3,(H,19,20)/b5-4+/t13-/m0/s1. The Kier molecular flexibility index (Phi) is 6.09. The Labute approximate surface area is 124 Å². The molecular weight excluding hydrogens is 270 g/mol. The summed E-state index contributed by atoms with van der Waals surface area (Å²) in [7, 11) is 0. The maximum Gasteiger partial charge on any atom is 0.307 e. The van der Waals surface area contributed by atoms with Gasteiger partial charge in [-0.05, 0) is 44.9 Å². The van der Waals surface area contributed by atoms with Crippen LogP contribution in [0.2, 0.25) is 0 Å². The number of esters is 1. The lowest BCUT2D eigenvalue weighted by atomic mass is 10.0. The van der Waals surface area contributed by atoms with Gasteiger partial charge in [-0.2, -0.15) is 0 Å². The molecule has 5 nitrogen and oxygen atoms in total. The van der Waals surface area contributed by atoms with Crippen molar-refractivity contribution in [1.82, 2.24) is 4.98 Å². The van der Waals surface area contributed by atoms with E-state index in [1.165, 1.54) is 0 Å². The number of pyridine rings is 1. The molecule has 1 aromatic heterocycles. The van der Waals surface area contributed by atoms with Crippen molar-refractivity contribution >= 4 is 18.0 Å². The first-order valence-electron chi connectivity index (χ1n) is 6.79. The average Bonchev–Trinajstić information content (AvgIpc) is 2.36. The van der Waals surface area contributed by atoms with Crippen LogP contribution in [-0.4, -0.2) is 27.6 Å². The molecule has 21 heavy (non-hydrogen) atoms. The minimum Gasteiger partial charge on any atom is -0.481 e. The van der Waals surface area contributed by atoms with E-state index in [2.05, 4.69) is 4.98 Å². The van der Waals surface area contributed by atoms with Crippen LogP contribution in [0.3, 0.4) is 0 Å². The van der Waals surface area contributed by atoms with E-state index in [4.69, 9.17) is 9.84 Å². The minimum absolute atomic E-state index is 0.132. The third-order valence-corrected chi connectivity index (χ3v) is 2.62. The predicted octanol–water partition coefficient (Wildman–Crippen LogP) is 2.92. The first-order chi connectivity index (χ1) is 9.78. The number of allylic oxidation sites excluding steroid dienone is 1. The summed E-state index contributed by atoms with van der Waals surface area (Å²) >= 11 is 0. The monoisotopic (exact) mass is 291 g/mol. The van der Waals surface area contributed by atoms with E-state index in [1.807, 2.05) is 18.2 Å². The smallest absolute Gasteiger partial charge is 0.307 e. The van der Waals surface area contributed by atoms with Gasteiger partial charge in [-0.25, -0.2) is 0 Å². The lowest BCUT2D eigenvalue weighted by Gasteiger charge is -2.20. The van der Waals surface area contributed by atoms with Gasteiger partial charge in [-0.1, -0.05) is 12.2 Å². The molecule has 1 aromatic rings. The molecule has 0 unspecified atom stereocenters. The van der Waals surface area contributed by atoms with Crippen molar-refractivity contribution in [3.05, 3.63) is 36.2 Å². The van der Waals surface area contributed by atoms with E-state index in [9.17, 15) is 9.59 Å². The summed E-state index contributed by atoms with van der Waals surface area (Å²) in [6, 6.07) is 3.64. The van der Waals surface area contributed by atoms with Crippen LogP contribution in [-0.2, 0) is 14.3 Å². The summed E-state index contributed by atoms with van der Waals surface area (Å²) < 4.78 is 5.15. The Morgan fingerprint density at radius 1 is 1.33 bits per heavy atom. The fraction of sp³-hybridized carbons (Fsp3) is 0.438. The number of hydrogen-bond donors (Lipinski definition) is 1. The zero-order valence-corrected chi connectivity index (χ0v) is 12.6. The van der Waals surface area contributed by atoms with Gasteiger partial charge in [-0.15, -0.1) is 0 Å². The summed E-state index contributed by atoms with van der Waals surface area (Å²) in [5.74, 6) is -2.27. The van der Waals surface area contributed by atoms with Gasteiger partial charge in [0.1, 0.15) is 5.60 Å². The van der Waals surface area contributed by atoms with Gasteiger partial charge in [0, 0.05) is 12.4 Å². The molecule has 1 N–H and O–H groups in total. The molecule has 0 amide bonds. The Hall–Kier alpha value is -2.17. The first kappa shape index (κ1) is 16.9. The average molecular weight is 291 g/mol. The summed E-state index contributed by atoms with van der Waals surface area (Å²) in [4.78, 5) is 26.8. The highest BCUT2D eigenvalue weighted by atomic mass is 16.6. The van der Waals surface area contributed by atoms with Crippen molar-refractivity contribution in [2.24, 2.45) is 5.92 Å². The maximum atomic E-state index is 11.7. The van der Waals surface area contributed by atoms with Gasteiger partial charge in [0.2, 0.25) is 0 Å². The number of aromatic nitrogens is 1. The highest BCUT2D eigenvalue weighted by molar-refractivity contribution is 5.79. The largest absolute Gasteiger partial charge is 0.481 e. The molecule has 0 saturated carbocycles. The summed E-state index contributed by atoms with van der Waals surface area (Å²) in [5, 5.41) is 9.17. The number of carbonyl (C=O) groups is 2. The molecule has 0 aliphatic rings. The second-order valence-electron chi connectivity index (χ2n) is 5.74. The Balaban J connectivity index is 2.56. The van der Waals surface area contributed by atoms with Crippen molar-refractivity contribution < 1.29 is 19.4 Å². The topological polar surface area (TPSA) is 76.5 Å². The first-order valence-corrected chi connectivity index (χ1v) is 6.79. The molecule has 0 saturated heterocycles. The van der Waals surface area contributed by atoms with Crippen LogP contribution in [0.15, 0.2) is 30.6 Å². The number of nitrogens with zero attached hydrogens (tertiary/aromatic N) is 1. The van der Waals surface area contributed by atoms with Crippen LogP contribution in [0.1, 0.15) is 39.2 Å². The van der Waals surface area contributed by atoms with Gasteiger partial charge in [-0.3, -0.25) is 14.6 Å². The number of carboxylic acids is 1. The van der Waals surface area contributed by atoms with E-state index in [0.29, 0.717) is 0 Å². The third kappa shape index (κ3) is 7.25. The lowest BCUT2D eigenvalue weighted by Crippen LogP contribution is -2.27. The number of aliphatic carboxylic acids is 1. The molecule has 1 rings (SSSR count). The molecule has 0 spiro atoms. The molecule has 114 valence electrons.